The van der Waals surface area contributed by atoms with Crippen LogP contribution in [0.4, 0.5) is 0 Å². The first-order valence-electron chi connectivity index (χ1n) is 7.61. The van der Waals surface area contributed by atoms with Gasteiger partial charge in [0.05, 0.1) is 0 Å². The van der Waals surface area contributed by atoms with E-state index in [4.69, 9.17) is 37.6 Å². The van der Waals surface area contributed by atoms with Gasteiger partial charge in [-0.05, 0) is 24.8 Å². The van der Waals surface area contributed by atoms with Crippen LogP contribution in [0.25, 0.3) is 0 Å². The molecule has 0 aromatic heterocycles. The first-order valence-corrected chi connectivity index (χ1v) is 7.61. The Morgan fingerprint density at radius 1 is 1.08 bits per heavy atom. The van der Waals surface area contributed by atoms with E-state index in [9.17, 15) is 9.59 Å². The number of nitrogens with one attached hydrogen (secondary N) is 2. The number of carbonyl (C=O) groups is 3. The molecule has 0 amide bonds. The zero-order valence-corrected chi connectivity index (χ0v) is 14.4. The van der Waals surface area contributed by atoms with Crippen LogP contribution in [0, 0.1) is 5.41 Å². The highest BCUT2D eigenvalue weighted by Crippen LogP contribution is 2.01. The van der Waals surface area contributed by atoms with Crippen molar-refractivity contribution in [1.29, 1.82) is 5.41 Å². The fourth-order valence-corrected chi connectivity index (χ4v) is 1.62. The number of carboxylic acids is 2. The number of aliphatic carboxylic acids is 2. The van der Waals surface area contributed by atoms with Crippen molar-refractivity contribution in [1.82, 2.24) is 5.32 Å². The highest BCUT2D eigenvalue weighted by Gasteiger charge is 2.11. The molecule has 1 aromatic rings. The molecule has 0 saturated carbocycles. The fourth-order valence-electron chi connectivity index (χ4n) is 1.62. The summed E-state index contributed by atoms with van der Waals surface area (Å²) < 4.78 is 0. The predicted molar refractivity (Wildman–Crippen MR) is 97.6 cm³/mol. The number of hydrogen-bond acceptors (Lipinski definition) is 6. The van der Waals surface area contributed by atoms with Crippen LogP contribution in [0.2, 0.25) is 0 Å². The van der Waals surface area contributed by atoms with Crippen molar-refractivity contribution in [2.45, 2.75) is 31.3 Å². The van der Waals surface area contributed by atoms with Gasteiger partial charge in [-0.25, -0.2) is 0 Å². The molecule has 0 aliphatic carbocycles. The summed E-state index contributed by atoms with van der Waals surface area (Å²) in [5, 5.41) is 26.2. The maximum absolute atomic E-state index is 10.4. The molecule has 0 spiro atoms. The second kappa shape index (κ2) is 15.5. The first-order chi connectivity index (χ1) is 12.2. The van der Waals surface area contributed by atoms with E-state index in [0.29, 0.717) is 25.8 Å². The molecule has 0 saturated heterocycles. The normalized spacial score (nSPS) is 11.5. The Morgan fingerprint density at radius 3 is 2.00 bits per heavy atom. The molecule has 146 valence electrons. The van der Waals surface area contributed by atoms with Crippen molar-refractivity contribution in [3.05, 3.63) is 35.9 Å². The van der Waals surface area contributed by atoms with Gasteiger partial charge in [0.15, 0.2) is 5.96 Å². The van der Waals surface area contributed by atoms with Crippen LogP contribution < -0.4 is 22.5 Å². The average molecular weight is 369 g/mol. The van der Waals surface area contributed by atoms with Crippen molar-refractivity contribution >= 4 is 24.7 Å². The van der Waals surface area contributed by atoms with Gasteiger partial charge in [0.1, 0.15) is 18.9 Å². The molecule has 1 rings (SSSR count). The molecule has 26 heavy (non-hydrogen) atoms. The van der Waals surface area contributed by atoms with Crippen molar-refractivity contribution < 1.29 is 24.6 Å². The van der Waals surface area contributed by atoms with Crippen LogP contribution in [0.3, 0.4) is 0 Å². The van der Waals surface area contributed by atoms with Crippen molar-refractivity contribution in [2.24, 2.45) is 17.2 Å². The summed E-state index contributed by atoms with van der Waals surface area (Å²) in [7, 11) is 0. The van der Waals surface area contributed by atoms with Crippen LogP contribution in [0.5, 0.6) is 0 Å². The maximum atomic E-state index is 10.4. The van der Waals surface area contributed by atoms with Gasteiger partial charge in [0.25, 0.3) is 0 Å². The molecule has 10 heteroatoms. The van der Waals surface area contributed by atoms with Crippen LogP contribution in [0.15, 0.2) is 30.3 Å². The first kappa shape index (κ1) is 25.3. The van der Waals surface area contributed by atoms with E-state index in [1.54, 1.807) is 0 Å². The van der Waals surface area contributed by atoms with Gasteiger partial charge in [-0.2, -0.15) is 0 Å². The number of carbonyl (C=O) groups excluding carboxylic acids is 1. The van der Waals surface area contributed by atoms with Crippen LogP contribution in [0.1, 0.15) is 18.4 Å². The van der Waals surface area contributed by atoms with Crippen molar-refractivity contribution in [2.75, 3.05) is 6.54 Å². The summed E-state index contributed by atoms with van der Waals surface area (Å²) in [6.45, 7) is 2.48. The van der Waals surface area contributed by atoms with Crippen molar-refractivity contribution in [3.8, 4) is 0 Å². The molecule has 0 bridgehead atoms. The molecular formula is C16H27N5O5. The highest BCUT2D eigenvalue weighted by atomic mass is 16.4. The Morgan fingerprint density at radius 2 is 1.58 bits per heavy atom. The van der Waals surface area contributed by atoms with Gasteiger partial charge in [-0.3, -0.25) is 15.0 Å². The molecule has 10 N–H and O–H groups in total. The van der Waals surface area contributed by atoms with Crippen LogP contribution >= 0.6 is 0 Å². The Kier molecular flexibility index (Phi) is 15.1. The van der Waals surface area contributed by atoms with E-state index >= 15 is 0 Å². The topological polar surface area (TPSA) is 206 Å². The molecule has 0 fully saturated rings. The molecule has 0 aliphatic heterocycles. The third kappa shape index (κ3) is 14.6. The Balaban J connectivity index is 0. The second-order valence-corrected chi connectivity index (χ2v) is 5.06. The quantitative estimate of drug-likeness (QED) is 0.172. The van der Waals surface area contributed by atoms with E-state index in [1.165, 1.54) is 0 Å². The molecule has 2 atom stereocenters. The number of guanidine groups is 1. The molecular weight excluding hydrogens is 342 g/mol. The summed E-state index contributed by atoms with van der Waals surface area (Å²) in [5.41, 5.74) is 16.5. The van der Waals surface area contributed by atoms with Gasteiger partial charge in [-0.1, -0.05) is 30.3 Å². The third-order valence-corrected chi connectivity index (χ3v) is 2.94. The maximum Gasteiger partial charge on any atom is 0.320 e. The molecule has 0 heterocycles. The minimum atomic E-state index is -1.00. The molecule has 0 unspecified atom stereocenters. The van der Waals surface area contributed by atoms with Gasteiger partial charge < -0.3 is 37.5 Å². The Bertz CT molecular complexity index is 541. The smallest absolute Gasteiger partial charge is 0.320 e. The summed E-state index contributed by atoms with van der Waals surface area (Å²) in [6, 6.07) is 7.72. The van der Waals surface area contributed by atoms with Crippen LogP contribution in [-0.2, 0) is 20.8 Å². The number of benzene rings is 1. The molecule has 10 nitrogen and oxygen atoms in total. The summed E-state index contributed by atoms with van der Waals surface area (Å²) in [6.07, 6.45) is 1.36. The number of hydrogen-bond donors (Lipinski definition) is 7. The lowest BCUT2D eigenvalue weighted by atomic mass is 10.1. The lowest BCUT2D eigenvalue weighted by Crippen LogP contribution is -2.34. The molecule has 0 aliphatic rings. The largest absolute Gasteiger partial charge is 0.480 e. The zero-order valence-electron chi connectivity index (χ0n) is 14.4. The summed E-state index contributed by atoms with van der Waals surface area (Å²) in [4.78, 5) is 28.6. The van der Waals surface area contributed by atoms with Gasteiger partial charge in [0, 0.05) is 6.54 Å². The predicted octanol–water partition coefficient (Wildman–Crippen LogP) is -0.882. The lowest BCUT2D eigenvalue weighted by Gasteiger charge is -2.06. The number of nitrogens with two attached hydrogens (primary N) is 3. The van der Waals surface area contributed by atoms with E-state index in [1.807, 2.05) is 37.1 Å². The average Bonchev–Trinajstić information content (AvgIpc) is 2.61. The lowest BCUT2D eigenvalue weighted by molar-refractivity contribution is -0.139. The fraction of sp³-hybridized carbons (Fsp3) is 0.375. The highest BCUT2D eigenvalue weighted by molar-refractivity contribution is 5.74. The number of rotatable bonds is 8. The molecule has 1 aromatic carbocycles. The third-order valence-electron chi connectivity index (χ3n) is 2.94. The zero-order chi connectivity index (χ0) is 20.5. The van der Waals surface area contributed by atoms with Gasteiger partial charge in [0.2, 0.25) is 0 Å². The van der Waals surface area contributed by atoms with Gasteiger partial charge >= 0.3 is 11.9 Å². The van der Waals surface area contributed by atoms with Crippen LogP contribution in [-0.4, -0.2) is 53.5 Å². The van der Waals surface area contributed by atoms with E-state index in [-0.39, 0.29) is 5.96 Å². The monoisotopic (exact) mass is 369 g/mol. The van der Waals surface area contributed by atoms with Gasteiger partial charge in [-0.15, -0.1) is 0 Å². The summed E-state index contributed by atoms with van der Waals surface area (Å²) >= 11 is 0. The minimum Gasteiger partial charge on any atom is -0.480 e. The van der Waals surface area contributed by atoms with E-state index in [0.717, 1.165) is 5.56 Å². The Hall–Kier alpha value is -2.98. The second-order valence-electron chi connectivity index (χ2n) is 5.06. The minimum absolute atomic E-state index is 0.112. The van der Waals surface area contributed by atoms with E-state index < -0.39 is 24.0 Å². The Labute approximate surface area is 151 Å². The van der Waals surface area contributed by atoms with Crippen molar-refractivity contribution in [3.63, 3.8) is 0 Å². The summed E-state index contributed by atoms with van der Waals surface area (Å²) in [5.74, 6) is -2.07. The number of carboxylic acid groups (broad SMARTS) is 2. The van der Waals surface area contributed by atoms with E-state index in [2.05, 4.69) is 5.32 Å². The SMILES string of the molecule is C=O.N=C(N)NCCC[C@H](N)C(=O)O.N[C@@H](Cc1ccccc1)C(=O)O. The molecule has 0 radical (unpaired) electrons. The standard InChI is InChI=1S/C9H11NO2.C6H14N4O2.CH2O/c10-8(9(11)12)6-7-4-2-1-3-5-7;7-4(5(11)12)2-1-3-10-6(8)9;1-2/h1-5,8H,6,10H2,(H,11,12);4H,1-3,7H2,(H,11,12)(H4,8,9,10);1H2/t8-;4-;/m00./s1.